The predicted molar refractivity (Wildman–Crippen MR) is 60.9 cm³/mol. The first-order valence-corrected chi connectivity index (χ1v) is 6.06. The lowest BCUT2D eigenvalue weighted by atomic mass is 10.1. The average molecular weight is 217 g/mol. The SMILES string of the molecule is CC(CN(C)C1CCSC1)/C(N)=N/O. The Labute approximate surface area is 89.5 Å². The lowest BCUT2D eigenvalue weighted by Gasteiger charge is -2.26. The third-order valence-electron chi connectivity index (χ3n) is 2.71. The largest absolute Gasteiger partial charge is 0.409 e. The summed E-state index contributed by atoms with van der Waals surface area (Å²) in [6.07, 6.45) is 1.25. The van der Waals surface area contributed by atoms with E-state index in [9.17, 15) is 0 Å². The number of hydrogen-bond donors (Lipinski definition) is 2. The monoisotopic (exact) mass is 217 g/mol. The number of amidine groups is 1. The molecule has 0 spiro atoms. The van der Waals surface area contributed by atoms with Gasteiger partial charge in [0, 0.05) is 24.3 Å². The van der Waals surface area contributed by atoms with Crippen LogP contribution in [-0.2, 0) is 0 Å². The molecule has 0 aromatic heterocycles. The number of thioether (sulfide) groups is 1. The number of nitrogens with two attached hydrogens (primary N) is 1. The summed E-state index contributed by atoms with van der Waals surface area (Å²) >= 11 is 2.00. The van der Waals surface area contributed by atoms with E-state index in [0.29, 0.717) is 11.9 Å². The van der Waals surface area contributed by atoms with Crippen molar-refractivity contribution in [3.05, 3.63) is 0 Å². The molecule has 82 valence electrons. The molecule has 1 fully saturated rings. The molecule has 1 aliphatic heterocycles. The van der Waals surface area contributed by atoms with Crippen LogP contribution in [0.4, 0.5) is 0 Å². The van der Waals surface area contributed by atoms with Crippen LogP contribution in [0.1, 0.15) is 13.3 Å². The smallest absolute Gasteiger partial charge is 0.143 e. The average Bonchev–Trinajstić information content (AvgIpc) is 2.69. The highest BCUT2D eigenvalue weighted by Crippen LogP contribution is 2.21. The van der Waals surface area contributed by atoms with Crippen LogP contribution in [0.5, 0.6) is 0 Å². The molecule has 0 saturated carbocycles. The van der Waals surface area contributed by atoms with Gasteiger partial charge in [0.1, 0.15) is 5.84 Å². The molecule has 2 atom stereocenters. The standard InChI is InChI=1S/C9H19N3OS/c1-7(9(10)11-13)5-12(2)8-3-4-14-6-8/h7-8,13H,3-6H2,1-2H3,(H2,10,11). The minimum absolute atomic E-state index is 0.121. The van der Waals surface area contributed by atoms with E-state index in [1.165, 1.54) is 17.9 Å². The van der Waals surface area contributed by atoms with Gasteiger partial charge in [-0.2, -0.15) is 11.8 Å². The van der Waals surface area contributed by atoms with Gasteiger partial charge < -0.3 is 15.8 Å². The van der Waals surface area contributed by atoms with Crippen molar-refractivity contribution in [2.24, 2.45) is 16.8 Å². The van der Waals surface area contributed by atoms with Crippen LogP contribution in [0.25, 0.3) is 0 Å². The number of hydrogen-bond acceptors (Lipinski definition) is 4. The van der Waals surface area contributed by atoms with Crippen molar-refractivity contribution >= 4 is 17.6 Å². The van der Waals surface area contributed by atoms with Gasteiger partial charge in [0.25, 0.3) is 0 Å². The van der Waals surface area contributed by atoms with Crippen molar-refractivity contribution in [1.29, 1.82) is 0 Å². The Kier molecular flexibility index (Phi) is 4.54. The molecular formula is C9H19N3OS. The maximum atomic E-state index is 8.52. The second-order valence-electron chi connectivity index (χ2n) is 3.88. The summed E-state index contributed by atoms with van der Waals surface area (Å²) in [7, 11) is 2.11. The van der Waals surface area contributed by atoms with Crippen LogP contribution in [0.3, 0.4) is 0 Å². The predicted octanol–water partition coefficient (Wildman–Crippen LogP) is 0.806. The van der Waals surface area contributed by atoms with Gasteiger partial charge in [-0.25, -0.2) is 0 Å². The molecule has 4 nitrogen and oxygen atoms in total. The van der Waals surface area contributed by atoms with Crippen molar-refractivity contribution in [3.8, 4) is 0 Å². The lowest BCUT2D eigenvalue weighted by molar-refractivity contribution is 0.244. The zero-order valence-corrected chi connectivity index (χ0v) is 9.63. The zero-order chi connectivity index (χ0) is 10.6. The van der Waals surface area contributed by atoms with E-state index in [1.54, 1.807) is 0 Å². The van der Waals surface area contributed by atoms with E-state index in [4.69, 9.17) is 10.9 Å². The second-order valence-corrected chi connectivity index (χ2v) is 5.03. The van der Waals surface area contributed by atoms with Gasteiger partial charge in [-0.05, 0) is 19.2 Å². The highest BCUT2D eigenvalue weighted by molar-refractivity contribution is 7.99. The summed E-state index contributed by atoms with van der Waals surface area (Å²) in [5, 5.41) is 11.6. The van der Waals surface area contributed by atoms with Crippen LogP contribution in [0.2, 0.25) is 0 Å². The minimum atomic E-state index is 0.121. The van der Waals surface area contributed by atoms with Crippen LogP contribution in [-0.4, -0.2) is 47.1 Å². The first kappa shape index (κ1) is 11.7. The van der Waals surface area contributed by atoms with E-state index in [1.807, 2.05) is 18.7 Å². The highest BCUT2D eigenvalue weighted by atomic mass is 32.2. The van der Waals surface area contributed by atoms with Gasteiger partial charge in [0.05, 0.1) is 0 Å². The maximum absolute atomic E-state index is 8.52. The number of nitrogens with zero attached hydrogens (tertiary/aromatic N) is 2. The summed E-state index contributed by atoms with van der Waals surface area (Å²) < 4.78 is 0. The van der Waals surface area contributed by atoms with Gasteiger partial charge in [0.15, 0.2) is 0 Å². The Balaban J connectivity index is 2.35. The molecule has 5 heteroatoms. The van der Waals surface area contributed by atoms with E-state index < -0.39 is 0 Å². The van der Waals surface area contributed by atoms with E-state index in [2.05, 4.69) is 17.1 Å². The van der Waals surface area contributed by atoms with Gasteiger partial charge >= 0.3 is 0 Å². The number of rotatable bonds is 4. The molecular weight excluding hydrogens is 198 g/mol. The molecule has 2 unspecified atom stereocenters. The Bertz CT molecular complexity index is 204. The lowest BCUT2D eigenvalue weighted by Crippen LogP contribution is -2.38. The Morgan fingerprint density at radius 3 is 3.00 bits per heavy atom. The molecule has 1 saturated heterocycles. The van der Waals surface area contributed by atoms with Crippen LogP contribution in [0, 0.1) is 5.92 Å². The fraction of sp³-hybridized carbons (Fsp3) is 0.889. The highest BCUT2D eigenvalue weighted by Gasteiger charge is 2.22. The van der Waals surface area contributed by atoms with Gasteiger partial charge in [-0.1, -0.05) is 12.1 Å². The Morgan fingerprint density at radius 2 is 2.50 bits per heavy atom. The van der Waals surface area contributed by atoms with Crippen molar-refractivity contribution in [1.82, 2.24) is 4.90 Å². The summed E-state index contributed by atoms with van der Waals surface area (Å²) in [5.41, 5.74) is 5.53. The fourth-order valence-electron chi connectivity index (χ4n) is 1.64. The summed E-state index contributed by atoms with van der Waals surface area (Å²) in [6, 6.07) is 0.661. The molecule has 1 aliphatic rings. The van der Waals surface area contributed by atoms with E-state index >= 15 is 0 Å². The van der Waals surface area contributed by atoms with Gasteiger partial charge in [-0.3, -0.25) is 0 Å². The van der Waals surface area contributed by atoms with Crippen LogP contribution < -0.4 is 5.73 Å². The van der Waals surface area contributed by atoms with E-state index in [0.717, 1.165) is 6.54 Å². The first-order chi connectivity index (χ1) is 6.65. The topological polar surface area (TPSA) is 61.8 Å². The molecule has 1 heterocycles. The molecule has 14 heavy (non-hydrogen) atoms. The van der Waals surface area contributed by atoms with Crippen LogP contribution in [0.15, 0.2) is 5.16 Å². The molecule has 0 aromatic carbocycles. The summed E-state index contributed by atoms with van der Waals surface area (Å²) in [4.78, 5) is 2.31. The van der Waals surface area contributed by atoms with Crippen molar-refractivity contribution in [2.75, 3.05) is 25.1 Å². The van der Waals surface area contributed by atoms with Gasteiger partial charge in [0.2, 0.25) is 0 Å². The Morgan fingerprint density at radius 1 is 1.79 bits per heavy atom. The van der Waals surface area contributed by atoms with Crippen molar-refractivity contribution in [3.63, 3.8) is 0 Å². The molecule has 0 aromatic rings. The molecule has 1 rings (SSSR count). The molecule has 0 bridgehead atoms. The normalized spacial score (nSPS) is 25.6. The van der Waals surface area contributed by atoms with Gasteiger partial charge in [-0.15, -0.1) is 0 Å². The third-order valence-corrected chi connectivity index (χ3v) is 3.86. The number of oxime groups is 1. The summed E-state index contributed by atoms with van der Waals surface area (Å²) in [5.74, 6) is 2.91. The van der Waals surface area contributed by atoms with Crippen molar-refractivity contribution in [2.45, 2.75) is 19.4 Å². The summed E-state index contributed by atoms with van der Waals surface area (Å²) in [6.45, 7) is 2.84. The van der Waals surface area contributed by atoms with Crippen molar-refractivity contribution < 1.29 is 5.21 Å². The molecule has 0 aliphatic carbocycles. The maximum Gasteiger partial charge on any atom is 0.143 e. The molecule has 0 radical (unpaired) electrons. The zero-order valence-electron chi connectivity index (χ0n) is 8.81. The molecule has 3 N–H and O–H groups in total. The third kappa shape index (κ3) is 3.06. The molecule has 0 amide bonds. The van der Waals surface area contributed by atoms with Crippen LogP contribution >= 0.6 is 11.8 Å². The minimum Gasteiger partial charge on any atom is -0.409 e. The Hall–Kier alpha value is -0.420. The fourth-order valence-corrected chi connectivity index (χ4v) is 2.94. The second kappa shape index (κ2) is 5.46. The van der Waals surface area contributed by atoms with E-state index in [-0.39, 0.29) is 5.92 Å². The quantitative estimate of drug-likeness (QED) is 0.316. The first-order valence-electron chi connectivity index (χ1n) is 4.90.